The van der Waals surface area contributed by atoms with Gasteiger partial charge in [0.05, 0.1) is 57.0 Å². The second-order valence-electron chi connectivity index (χ2n) is 12.3. The fourth-order valence-corrected chi connectivity index (χ4v) is 7.72. The summed E-state index contributed by atoms with van der Waals surface area (Å²) >= 11 is 0. The maximum atomic E-state index is 9.72. The average Bonchev–Trinajstić information content (AvgIpc) is 3.81. The average molecular weight is 625 g/mol. The molecule has 226 valence electrons. The monoisotopic (exact) mass is 624 g/mol. The SMILES string of the molecule is [C-]#[N+]c1ccc2c(c1)c1ccc3oc4ccccc4c3c1n2-c1ccccc1-c1ccccc1-n1c2ccccc2c2cc(C#N)ccc21. The van der Waals surface area contributed by atoms with Crippen molar-refractivity contribution in [1.82, 2.24) is 9.13 Å². The van der Waals surface area contributed by atoms with Crippen molar-refractivity contribution in [2.75, 3.05) is 0 Å². The maximum Gasteiger partial charge on any atom is 0.188 e. The number of benzene rings is 7. The first-order valence-corrected chi connectivity index (χ1v) is 16.1. The molecule has 0 unspecified atom stereocenters. The first kappa shape index (κ1) is 27.1. The van der Waals surface area contributed by atoms with E-state index in [-0.39, 0.29) is 0 Å². The van der Waals surface area contributed by atoms with Crippen LogP contribution in [0.15, 0.2) is 150 Å². The lowest BCUT2D eigenvalue weighted by Crippen LogP contribution is -2.01. The molecule has 10 rings (SSSR count). The van der Waals surface area contributed by atoms with Crippen LogP contribution < -0.4 is 0 Å². The van der Waals surface area contributed by atoms with Crippen molar-refractivity contribution in [3.05, 3.63) is 163 Å². The molecule has 5 nitrogen and oxygen atoms in total. The van der Waals surface area contributed by atoms with Crippen molar-refractivity contribution in [1.29, 1.82) is 5.26 Å². The Morgan fingerprint density at radius 3 is 1.96 bits per heavy atom. The molecule has 0 radical (unpaired) electrons. The lowest BCUT2D eigenvalue weighted by molar-refractivity contribution is 0.669. The molecule has 5 heteroatoms. The molecule has 0 saturated carbocycles. The Hall–Kier alpha value is -7.08. The van der Waals surface area contributed by atoms with Gasteiger partial charge in [-0.25, -0.2) is 4.85 Å². The number of fused-ring (bicyclic) bond motifs is 10. The molecule has 0 aliphatic carbocycles. The zero-order valence-corrected chi connectivity index (χ0v) is 26.1. The largest absolute Gasteiger partial charge is 0.456 e. The van der Waals surface area contributed by atoms with Gasteiger partial charge >= 0.3 is 0 Å². The Balaban J connectivity index is 1.33. The number of para-hydroxylation sites is 4. The topological polar surface area (TPSA) is 51.1 Å². The molecule has 3 aromatic heterocycles. The number of aromatic nitrogens is 2. The van der Waals surface area contributed by atoms with E-state index in [4.69, 9.17) is 11.0 Å². The van der Waals surface area contributed by atoms with E-state index in [0.717, 1.165) is 88.1 Å². The van der Waals surface area contributed by atoms with Crippen LogP contribution in [0.25, 0.3) is 92.9 Å². The normalized spacial score (nSPS) is 11.6. The number of rotatable bonds is 3. The second kappa shape index (κ2) is 10.2. The minimum atomic E-state index is 0.605. The van der Waals surface area contributed by atoms with Gasteiger partial charge in [0.1, 0.15) is 11.2 Å². The molecule has 3 heterocycles. The van der Waals surface area contributed by atoms with Crippen LogP contribution in [0.2, 0.25) is 0 Å². The summed E-state index contributed by atoms with van der Waals surface area (Å²) in [5, 5.41) is 16.1. The Morgan fingerprint density at radius 1 is 0.531 bits per heavy atom. The highest BCUT2D eigenvalue weighted by Gasteiger charge is 2.23. The number of nitriles is 1. The molecule has 0 aliphatic rings. The van der Waals surface area contributed by atoms with Crippen LogP contribution in [0, 0.1) is 17.9 Å². The van der Waals surface area contributed by atoms with Gasteiger partial charge in [0, 0.05) is 32.7 Å². The van der Waals surface area contributed by atoms with Crippen molar-refractivity contribution < 1.29 is 4.42 Å². The van der Waals surface area contributed by atoms with Crippen LogP contribution >= 0.6 is 0 Å². The minimum Gasteiger partial charge on any atom is -0.456 e. The van der Waals surface area contributed by atoms with E-state index >= 15 is 0 Å². The van der Waals surface area contributed by atoms with Gasteiger partial charge in [-0.05, 0) is 72.1 Å². The molecule has 0 N–H and O–H groups in total. The molecule has 0 saturated heterocycles. The summed E-state index contributed by atoms with van der Waals surface area (Å²) < 4.78 is 11.0. The number of hydrogen-bond donors (Lipinski definition) is 0. The Morgan fingerprint density at radius 2 is 1.16 bits per heavy atom. The molecule has 7 aromatic carbocycles. The van der Waals surface area contributed by atoms with Crippen molar-refractivity contribution in [3.8, 4) is 28.6 Å². The summed E-state index contributed by atoms with van der Waals surface area (Å²) in [6.45, 7) is 7.77. The zero-order chi connectivity index (χ0) is 32.6. The first-order valence-electron chi connectivity index (χ1n) is 16.1. The van der Waals surface area contributed by atoms with Crippen molar-refractivity contribution in [3.63, 3.8) is 0 Å². The van der Waals surface area contributed by atoms with Gasteiger partial charge < -0.3 is 13.6 Å². The van der Waals surface area contributed by atoms with Crippen molar-refractivity contribution in [2.45, 2.75) is 0 Å². The summed E-state index contributed by atoms with van der Waals surface area (Å²) in [6, 6.07) is 52.0. The fraction of sp³-hybridized carbons (Fsp3) is 0. The van der Waals surface area contributed by atoms with Crippen LogP contribution in [0.1, 0.15) is 5.56 Å². The maximum absolute atomic E-state index is 9.72. The van der Waals surface area contributed by atoms with E-state index < -0.39 is 0 Å². The van der Waals surface area contributed by atoms with Crippen LogP contribution in [-0.2, 0) is 0 Å². The van der Waals surface area contributed by atoms with Gasteiger partial charge in [-0.3, -0.25) is 0 Å². The van der Waals surface area contributed by atoms with Gasteiger partial charge in [0.15, 0.2) is 5.69 Å². The van der Waals surface area contributed by atoms with Crippen molar-refractivity contribution >= 4 is 71.2 Å². The van der Waals surface area contributed by atoms with Gasteiger partial charge in [0.25, 0.3) is 0 Å². The predicted octanol–water partition coefficient (Wildman–Crippen LogP) is 11.9. The van der Waals surface area contributed by atoms with E-state index in [1.54, 1.807) is 0 Å². The summed E-state index contributed by atoms with van der Waals surface area (Å²) in [6.07, 6.45) is 0. The molecular formula is C44H24N4O. The highest BCUT2D eigenvalue weighted by molar-refractivity contribution is 6.25. The predicted molar refractivity (Wildman–Crippen MR) is 199 cm³/mol. The highest BCUT2D eigenvalue weighted by atomic mass is 16.3. The Labute approximate surface area is 280 Å². The molecule has 49 heavy (non-hydrogen) atoms. The Bertz CT molecular complexity index is 3090. The lowest BCUT2D eigenvalue weighted by Gasteiger charge is -2.18. The summed E-state index contributed by atoms with van der Waals surface area (Å²) in [5.74, 6) is 0. The lowest BCUT2D eigenvalue weighted by atomic mass is 10.0. The number of nitrogens with zero attached hydrogens (tertiary/aromatic N) is 4. The van der Waals surface area contributed by atoms with Crippen LogP contribution in [-0.4, -0.2) is 9.13 Å². The molecule has 0 bridgehead atoms. The molecule has 10 aromatic rings. The molecule has 0 fully saturated rings. The molecular weight excluding hydrogens is 601 g/mol. The van der Waals surface area contributed by atoms with E-state index in [2.05, 4.69) is 117 Å². The quantitative estimate of drug-likeness (QED) is 0.184. The van der Waals surface area contributed by atoms with Crippen molar-refractivity contribution in [2.24, 2.45) is 0 Å². The van der Waals surface area contributed by atoms with Gasteiger partial charge in [-0.2, -0.15) is 5.26 Å². The molecule has 0 atom stereocenters. The number of furan rings is 1. The van der Waals surface area contributed by atoms with Gasteiger partial charge in [-0.15, -0.1) is 0 Å². The first-order chi connectivity index (χ1) is 24.2. The van der Waals surface area contributed by atoms with E-state index in [0.29, 0.717) is 11.3 Å². The summed E-state index contributed by atoms with van der Waals surface area (Å²) in [7, 11) is 0. The van der Waals surface area contributed by atoms with Crippen LogP contribution in [0.4, 0.5) is 5.69 Å². The Kier molecular flexibility index (Phi) is 5.64. The molecule has 0 spiro atoms. The number of hydrogen-bond acceptors (Lipinski definition) is 2. The summed E-state index contributed by atoms with van der Waals surface area (Å²) in [4.78, 5) is 3.78. The third kappa shape index (κ3) is 3.79. The van der Waals surface area contributed by atoms with E-state index in [9.17, 15) is 5.26 Å². The third-order valence-corrected chi connectivity index (χ3v) is 9.76. The summed E-state index contributed by atoms with van der Waals surface area (Å²) in [5.41, 5.74) is 11.3. The second-order valence-corrected chi connectivity index (χ2v) is 12.3. The smallest absolute Gasteiger partial charge is 0.188 e. The zero-order valence-electron chi connectivity index (χ0n) is 26.1. The molecule has 0 aliphatic heterocycles. The highest BCUT2D eigenvalue weighted by Crippen LogP contribution is 2.44. The van der Waals surface area contributed by atoms with Crippen LogP contribution in [0.5, 0.6) is 0 Å². The van der Waals surface area contributed by atoms with Crippen LogP contribution in [0.3, 0.4) is 0 Å². The van der Waals surface area contributed by atoms with Gasteiger partial charge in [-0.1, -0.05) is 78.9 Å². The molecule has 0 amide bonds. The standard InChI is InChI=1S/C44H24N4O/c1-46-28-19-22-40-35(25-28)32-20-23-42-43(33-13-5-9-17-41(33)49-42)44(32)48(40)38-16-8-3-11-30(38)29-10-2-6-14-36(29)47-37-15-7-4-12-31(37)34-24-27(26-45)18-21-39(34)47/h2-25H. The fourth-order valence-electron chi connectivity index (χ4n) is 7.72. The minimum absolute atomic E-state index is 0.605. The van der Waals surface area contributed by atoms with E-state index in [1.165, 1.54) is 0 Å². The van der Waals surface area contributed by atoms with Gasteiger partial charge in [0.2, 0.25) is 0 Å². The third-order valence-electron chi connectivity index (χ3n) is 9.76. The van der Waals surface area contributed by atoms with E-state index in [1.807, 2.05) is 48.5 Å².